The molecule has 1 aromatic rings. The van der Waals surface area contributed by atoms with Gasteiger partial charge in [-0.1, -0.05) is 28.1 Å². The maximum atomic E-state index is 10.8. The summed E-state index contributed by atoms with van der Waals surface area (Å²) in [5, 5.41) is 2.63. The zero-order valence-electron chi connectivity index (χ0n) is 7.50. The van der Waals surface area contributed by atoms with Crippen molar-refractivity contribution in [2.45, 2.75) is 12.5 Å². The van der Waals surface area contributed by atoms with Crippen molar-refractivity contribution < 1.29 is 9.53 Å². The van der Waals surface area contributed by atoms with Gasteiger partial charge in [0, 0.05) is 10.9 Å². The maximum absolute atomic E-state index is 10.8. The molecule has 0 spiro atoms. The Morgan fingerprint density at radius 3 is 2.71 bits per heavy atom. The maximum Gasteiger partial charge on any atom is 0.407 e. The van der Waals surface area contributed by atoms with Crippen molar-refractivity contribution in [2.24, 2.45) is 0 Å². The van der Waals surface area contributed by atoms with E-state index >= 15 is 0 Å². The summed E-state index contributed by atoms with van der Waals surface area (Å²) >= 11 is 3.37. The highest BCUT2D eigenvalue weighted by atomic mass is 79.9. The fourth-order valence-corrected chi connectivity index (χ4v) is 1.69. The van der Waals surface area contributed by atoms with E-state index in [4.69, 9.17) is 4.74 Å². The summed E-state index contributed by atoms with van der Waals surface area (Å²) in [6, 6.07) is 8.02. The van der Waals surface area contributed by atoms with Gasteiger partial charge < -0.3 is 10.1 Å². The van der Waals surface area contributed by atoms with Crippen LogP contribution >= 0.6 is 15.9 Å². The van der Waals surface area contributed by atoms with E-state index < -0.39 is 0 Å². The molecule has 0 aliphatic carbocycles. The van der Waals surface area contributed by atoms with E-state index in [1.165, 1.54) is 5.56 Å². The van der Waals surface area contributed by atoms with Gasteiger partial charge in [-0.15, -0.1) is 0 Å². The van der Waals surface area contributed by atoms with Crippen molar-refractivity contribution in [3.63, 3.8) is 0 Å². The highest BCUT2D eigenvalue weighted by Gasteiger charge is 2.22. The van der Waals surface area contributed by atoms with E-state index in [-0.39, 0.29) is 12.2 Å². The van der Waals surface area contributed by atoms with Gasteiger partial charge >= 0.3 is 6.09 Å². The number of amides is 1. The van der Waals surface area contributed by atoms with Gasteiger partial charge in [-0.25, -0.2) is 4.79 Å². The Kier molecular flexibility index (Phi) is 2.72. The molecule has 1 unspecified atom stereocenters. The first-order valence-corrected chi connectivity index (χ1v) is 5.22. The Morgan fingerprint density at radius 2 is 2.14 bits per heavy atom. The number of alkyl carbamates (subject to hydrolysis) is 1. The lowest BCUT2D eigenvalue weighted by Crippen LogP contribution is -2.16. The number of benzene rings is 1. The Balaban J connectivity index is 1.97. The van der Waals surface area contributed by atoms with Crippen LogP contribution in [0.15, 0.2) is 28.7 Å². The molecule has 1 aromatic carbocycles. The second kappa shape index (κ2) is 4.00. The van der Waals surface area contributed by atoms with Gasteiger partial charge in [0.15, 0.2) is 0 Å². The van der Waals surface area contributed by atoms with Crippen LogP contribution in [0.3, 0.4) is 0 Å². The van der Waals surface area contributed by atoms with Gasteiger partial charge in [-0.05, 0) is 17.7 Å². The van der Waals surface area contributed by atoms with Crippen LogP contribution in [0.2, 0.25) is 0 Å². The standard InChI is InChI=1S/C10H10BrNO2/c11-8-3-1-7(2-4-8)5-9-6-12-10(13)14-9/h1-4,9H,5-6H2,(H,12,13). The molecule has 14 heavy (non-hydrogen) atoms. The lowest BCUT2D eigenvalue weighted by Gasteiger charge is -2.07. The Hall–Kier alpha value is -1.03. The third-order valence-corrected chi connectivity index (χ3v) is 2.65. The normalized spacial score (nSPS) is 20.4. The summed E-state index contributed by atoms with van der Waals surface area (Å²) in [7, 11) is 0. The smallest absolute Gasteiger partial charge is 0.407 e. The first kappa shape index (κ1) is 9.52. The third kappa shape index (κ3) is 2.26. The molecule has 0 bridgehead atoms. The van der Waals surface area contributed by atoms with Gasteiger partial charge in [-0.3, -0.25) is 0 Å². The number of cyclic esters (lactones) is 1. The summed E-state index contributed by atoms with van der Waals surface area (Å²) in [4.78, 5) is 10.8. The van der Waals surface area contributed by atoms with E-state index in [9.17, 15) is 4.79 Å². The molecular formula is C10H10BrNO2. The van der Waals surface area contributed by atoms with Crippen molar-refractivity contribution >= 4 is 22.0 Å². The fraction of sp³-hybridized carbons (Fsp3) is 0.300. The molecule has 3 nitrogen and oxygen atoms in total. The second-order valence-electron chi connectivity index (χ2n) is 3.24. The lowest BCUT2D eigenvalue weighted by atomic mass is 10.1. The van der Waals surface area contributed by atoms with Crippen LogP contribution in [0.5, 0.6) is 0 Å². The predicted octanol–water partition coefficient (Wildman–Crippen LogP) is 2.10. The molecule has 1 N–H and O–H groups in total. The molecule has 1 aliphatic heterocycles. The molecule has 1 amide bonds. The van der Waals surface area contributed by atoms with Crippen LogP contribution in [0, 0.1) is 0 Å². The van der Waals surface area contributed by atoms with Crippen molar-refractivity contribution in [1.29, 1.82) is 0 Å². The molecule has 4 heteroatoms. The Morgan fingerprint density at radius 1 is 1.43 bits per heavy atom. The summed E-state index contributed by atoms with van der Waals surface area (Å²) in [5.41, 5.74) is 1.18. The molecule has 0 aromatic heterocycles. The van der Waals surface area contributed by atoms with Crippen LogP contribution in [0.25, 0.3) is 0 Å². The predicted molar refractivity (Wildman–Crippen MR) is 56.1 cm³/mol. The van der Waals surface area contributed by atoms with Gasteiger partial charge in [0.1, 0.15) is 6.10 Å². The number of nitrogens with one attached hydrogen (secondary N) is 1. The van der Waals surface area contributed by atoms with Crippen molar-refractivity contribution in [2.75, 3.05) is 6.54 Å². The third-order valence-electron chi connectivity index (χ3n) is 2.12. The summed E-state index contributed by atoms with van der Waals surface area (Å²) < 4.78 is 6.09. The minimum atomic E-state index is -0.313. The average Bonchev–Trinajstić information content (AvgIpc) is 2.56. The van der Waals surface area contributed by atoms with Crippen LogP contribution in [-0.4, -0.2) is 18.7 Å². The number of carbonyl (C=O) groups excluding carboxylic acids is 1. The number of ether oxygens (including phenoxy) is 1. The van der Waals surface area contributed by atoms with Crippen LogP contribution in [0.4, 0.5) is 4.79 Å². The topological polar surface area (TPSA) is 38.3 Å². The van der Waals surface area contributed by atoms with E-state index in [0.29, 0.717) is 6.54 Å². The van der Waals surface area contributed by atoms with Crippen molar-refractivity contribution in [3.8, 4) is 0 Å². The molecule has 2 rings (SSSR count). The molecule has 1 fully saturated rings. The van der Waals surface area contributed by atoms with E-state index in [2.05, 4.69) is 21.2 Å². The number of halogens is 1. The van der Waals surface area contributed by atoms with Gasteiger partial charge in [-0.2, -0.15) is 0 Å². The second-order valence-corrected chi connectivity index (χ2v) is 4.15. The van der Waals surface area contributed by atoms with E-state index in [1.807, 2.05) is 24.3 Å². The fourth-order valence-electron chi connectivity index (χ4n) is 1.43. The molecular weight excluding hydrogens is 246 g/mol. The first-order chi connectivity index (χ1) is 6.74. The monoisotopic (exact) mass is 255 g/mol. The number of rotatable bonds is 2. The van der Waals surface area contributed by atoms with Crippen LogP contribution in [-0.2, 0) is 11.2 Å². The SMILES string of the molecule is O=C1NCC(Cc2ccc(Br)cc2)O1. The Bertz CT molecular complexity index is 336. The summed E-state index contributed by atoms with van der Waals surface area (Å²) in [6.45, 7) is 0.606. The minimum Gasteiger partial charge on any atom is -0.444 e. The number of carbonyl (C=O) groups is 1. The summed E-state index contributed by atoms with van der Waals surface area (Å²) in [5.74, 6) is 0. The van der Waals surface area contributed by atoms with E-state index in [0.717, 1.165) is 10.9 Å². The van der Waals surface area contributed by atoms with Crippen molar-refractivity contribution in [1.82, 2.24) is 5.32 Å². The highest BCUT2D eigenvalue weighted by molar-refractivity contribution is 9.10. The first-order valence-electron chi connectivity index (χ1n) is 4.43. The largest absolute Gasteiger partial charge is 0.444 e. The van der Waals surface area contributed by atoms with Crippen LogP contribution in [0.1, 0.15) is 5.56 Å². The molecule has 1 saturated heterocycles. The zero-order valence-corrected chi connectivity index (χ0v) is 9.08. The summed E-state index contributed by atoms with van der Waals surface area (Å²) in [6.07, 6.45) is 0.433. The molecule has 1 heterocycles. The lowest BCUT2D eigenvalue weighted by molar-refractivity contribution is 0.140. The molecule has 74 valence electrons. The molecule has 0 saturated carbocycles. The zero-order chi connectivity index (χ0) is 9.97. The number of hydrogen-bond donors (Lipinski definition) is 1. The highest BCUT2D eigenvalue weighted by Crippen LogP contribution is 2.14. The molecule has 1 aliphatic rings. The van der Waals surface area contributed by atoms with Gasteiger partial charge in [0.2, 0.25) is 0 Å². The molecule has 0 radical (unpaired) electrons. The minimum absolute atomic E-state index is 0.0244. The molecule has 1 atom stereocenters. The Labute approximate surface area is 90.6 Å². The van der Waals surface area contributed by atoms with Gasteiger partial charge in [0.25, 0.3) is 0 Å². The van der Waals surface area contributed by atoms with E-state index in [1.54, 1.807) is 0 Å². The van der Waals surface area contributed by atoms with Crippen molar-refractivity contribution in [3.05, 3.63) is 34.3 Å². The van der Waals surface area contributed by atoms with Gasteiger partial charge in [0.05, 0.1) is 6.54 Å². The average molecular weight is 256 g/mol. The van der Waals surface area contributed by atoms with Crippen LogP contribution < -0.4 is 5.32 Å². The quantitative estimate of drug-likeness (QED) is 0.879. The number of hydrogen-bond acceptors (Lipinski definition) is 2.